The number of benzene rings is 1. The second-order valence-electron chi connectivity index (χ2n) is 2.82. The normalized spacial score (nSPS) is 11.3. The fourth-order valence-electron chi connectivity index (χ4n) is 1.01. The summed E-state index contributed by atoms with van der Waals surface area (Å²) < 4.78 is 23.0. The monoisotopic (exact) mass is 246 g/mol. The average Bonchev–Trinajstić information content (AvgIpc) is 2.26. The zero-order valence-electron chi connectivity index (χ0n) is 8.74. The first-order chi connectivity index (χ1) is 7.67. The van der Waals surface area contributed by atoms with Crippen molar-refractivity contribution in [1.82, 2.24) is 0 Å². The van der Waals surface area contributed by atoms with E-state index in [1.165, 1.54) is 12.1 Å². The molecule has 0 saturated heterocycles. The first-order valence-electron chi connectivity index (χ1n) is 4.64. The zero-order valence-corrected chi connectivity index (χ0v) is 9.50. The van der Waals surface area contributed by atoms with Crippen molar-refractivity contribution in [3.05, 3.63) is 29.0 Å². The standard InChI is InChI=1S/C10H12ClFN2O2/c1-2-15-10(14-13)6-16-9-4-3-7(12)5-8(9)11/h3-5H,2,6,13H2,1H3. The topological polar surface area (TPSA) is 56.8 Å². The third kappa shape index (κ3) is 3.58. The minimum atomic E-state index is -0.421. The summed E-state index contributed by atoms with van der Waals surface area (Å²) in [4.78, 5) is 0. The lowest BCUT2D eigenvalue weighted by molar-refractivity contribution is 0.274. The maximum absolute atomic E-state index is 12.7. The number of ether oxygens (including phenoxy) is 2. The van der Waals surface area contributed by atoms with Crippen LogP contribution in [0, 0.1) is 5.82 Å². The molecule has 0 atom stereocenters. The number of nitrogens with zero attached hydrogens (tertiary/aromatic N) is 1. The van der Waals surface area contributed by atoms with Crippen LogP contribution in [0.4, 0.5) is 4.39 Å². The van der Waals surface area contributed by atoms with Crippen LogP contribution in [0.3, 0.4) is 0 Å². The SMILES string of the molecule is CCOC(COc1ccc(F)cc1Cl)=NN. The Morgan fingerprint density at radius 3 is 2.88 bits per heavy atom. The van der Waals surface area contributed by atoms with Gasteiger partial charge in [0.1, 0.15) is 11.6 Å². The molecule has 0 heterocycles. The highest BCUT2D eigenvalue weighted by Gasteiger charge is 2.05. The van der Waals surface area contributed by atoms with Gasteiger partial charge in [-0.15, -0.1) is 5.10 Å². The summed E-state index contributed by atoms with van der Waals surface area (Å²) in [6, 6.07) is 3.84. The van der Waals surface area contributed by atoms with Crippen LogP contribution in [-0.4, -0.2) is 19.1 Å². The molecule has 0 radical (unpaired) electrons. The Labute approximate surface area is 97.8 Å². The number of rotatable bonds is 4. The number of nitrogens with two attached hydrogens (primary N) is 1. The van der Waals surface area contributed by atoms with Crippen LogP contribution in [0.15, 0.2) is 23.3 Å². The molecule has 0 amide bonds. The van der Waals surface area contributed by atoms with Crippen molar-refractivity contribution >= 4 is 17.5 Å². The van der Waals surface area contributed by atoms with E-state index in [1.54, 1.807) is 6.92 Å². The first kappa shape index (κ1) is 12.6. The average molecular weight is 247 g/mol. The highest BCUT2D eigenvalue weighted by molar-refractivity contribution is 6.32. The third-order valence-corrected chi connectivity index (χ3v) is 2.00. The van der Waals surface area contributed by atoms with E-state index in [9.17, 15) is 4.39 Å². The lowest BCUT2D eigenvalue weighted by Gasteiger charge is -2.09. The second kappa shape index (κ2) is 6.17. The van der Waals surface area contributed by atoms with E-state index in [0.717, 1.165) is 6.07 Å². The molecule has 1 aromatic carbocycles. The summed E-state index contributed by atoms with van der Waals surface area (Å²) >= 11 is 5.76. The van der Waals surface area contributed by atoms with Gasteiger partial charge in [-0.3, -0.25) is 0 Å². The fourth-order valence-corrected chi connectivity index (χ4v) is 1.24. The van der Waals surface area contributed by atoms with Gasteiger partial charge < -0.3 is 15.3 Å². The Morgan fingerprint density at radius 1 is 1.56 bits per heavy atom. The molecule has 0 saturated carbocycles. The highest BCUT2D eigenvalue weighted by Crippen LogP contribution is 2.24. The van der Waals surface area contributed by atoms with Gasteiger partial charge in [-0.05, 0) is 25.1 Å². The van der Waals surface area contributed by atoms with E-state index < -0.39 is 5.82 Å². The molecule has 88 valence electrons. The minimum Gasteiger partial charge on any atom is -0.482 e. The van der Waals surface area contributed by atoms with E-state index in [0.29, 0.717) is 12.4 Å². The summed E-state index contributed by atoms with van der Waals surface area (Å²) in [5.41, 5.74) is 0. The number of hydrogen-bond acceptors (Lipinski definition) is 4. The van der Waals surface area contributed by atoms with Crippen LogP contribution in [0.25, 0.3) is 0 Å². The molecule has 16 heavy (non-hydrogen) atoms. The van der Waals surface area contributed by atoms with Crippen LogP contribution in [0.2, 0.25) is 5.02 Å². The van der Waals surface area contributed by atoms with Crippen molar-refractivity contribution in [2.75, 3.05) is 13.2 Å². The van der Waals surface area contributed by atoms with E-state index >= 15 is 0 Å². The second-order valence-corrected chi connectivity index (χ2v) is 3.23. The van der Waals surface area contributed by atoms with Crippen molar-refractivity contribution in [1.29, 1.82) is 0 Å². The third-order valence-electron chi connectivity index (χ3n) is 1.70. The maximum Gasteiger partial charge on any atom is 0.243 e. The highest BCUT2D eigenvalue weighted by atomic mass is 35.5. The molecule has 0 aliphatic heterocycles. The first-order valence-corrected chi connectivity index (χ1v) is 5.02. The molecule has 1 aromatic rings. The lowest BCUT2D eigenvalue weighted by Crippen LogP contribution is -2.17. The maximum atomic E-state index is 12.7. The van der Waals surface area contributed by atoms with Gasteiger partial charge in [-0.1, -0.05) is 11.6 Å². The van der Waals surface area contributed by atoms with Crippen LogP contribution < -0.4 is 10.6 Å². The summed E-state index contributed by atoms with van der Waals surface area (Å²) in [6.07, 6.45) is 0. The molecule has 0 aliphatic rings. The van der Waals surface area contributed by atoms with Crippen molar-refractivity contribution in [2.45, 2.75) is 6.92 Å². The number of hydrazone groups is 1. The Balaban J connectivity index is 2.60. The Kier molecular flexibility index (Phi) is 4.85. The predicted octanol–water partition coefficient (Wildman–Crippen LogP) is 2.17. The summed E-state index contributed by atoms with van der Waals surface area (Å²) in [5.74, 6) is 5.26. The summed E-state index contributed by atoms with van der Waals surface area (Å²) in [6.45, 7) is 2.29. The largest absolute Gasteiger partial charge is 0.482 e. The van der Waals surface area contributed by atoms with E-state index in [4.69, 9.17) is 26.9 Å². The molecule has 0 unspecified atom stereocenters. The molecular formula is C10H12ClFN2O2. The smallest absolute Gasteiger partial charge is 0.243 e. The van der Waals surface area contributed by atoms with Crippen molar-refractivity contribution < 1.29 is 13.9 Å². The molecule has 0 spiro atoms. The number of hydrogen-bond donors (Lipinski definition) is 1. The minimum absolute atomic E-state index is 0.0513. The fraction of sp³-hybridized carbons (Fsp3) is 0.300. The van der Waals surface area contributed by atoms with Crippen LogP contribution in [-0.2, 0) is 4.74 Å². The molecule has 6 heteroatoms. The van der Waals surface area contributed by atoms with E-state index in [-0.39, 0.29) is 17.5 Å². The molecular weight excluding hydrogens is 235 g/mol. The molecule has 0 aromatic heterocycles. The van der Waals surface area contributed by atoms with Crippen LogP contribution in [0.5, 0.6) is 5.75 Å². The summed E-state index contributed by atoms with van der Waals surface area (Å²) in [5, 5.41) is 3.58. The molecule has 0 bridgehead atoms. The van der Waals surface area contributed by atoms with Gasteiger partial charge in [0.15, 0.2) is 6.61 Å². The van der Waals surface area contributed by atoms with Crippen molar-refractivity contribution in [3.8, 4) is 5.75 Å². The zero-order chi connectivity index (χ0) is 12.0. The van der Waals surface area contributed by atoms with Gasteiger partial charge >= 0.3 is 0 Å². The lowest BCUT2D eigenvalue weighted by atomic mass is 10.3. The quantitative estimate of drug-likeness (QED) is 0.383. The van der Waals surface area contributed by atoms with E-state index in [1.807, 2.05) is 0 Å². The molecule has 1 rings (SSSR count). The Morgan fingerprint density at radius 2 is 2.31 bits per heavy atom. The number of halogens is 2. The van der Waals surface area contributed by atoms with Crippen LogP contribution in [0.1, 0.15) is 6.92 Å². The molecule has 0 aliphatic carbocycles. The van der Waals surface area contributed by atoms with Gasteiger partial charge in [0, 0.05) is 0 Å². The van der Waals surface area contributed by atoms with E-state index in [2.05, 4.69) is 5.10 Å². The summed E-state index contributed by atoms with van der Waals surface area (Å²) in [7, 11) is 0. The Hall–Kier alpha value is -1.49. The van der Waals surface area contributed by atoms with Gasteiger partial charge in [0.2, 0.25) is 5.90 Å². The molecule has 0 fully saturated rings. The van der Waals surface area contributed by atoms with Crippen molar-refractivity contribution in [3.63, 3.8) is 0 Å². The van der Waals surface area contributed by atoms with Gasteiger partial charge in [0.05, 0.1) is 11.6 Å². The predicted molar refractivity (Wildman–Crippen MR) is 60.2 cm³/mol. The Bertz CT molecular complexity index is 385. The molecule has 4 nitrogen and oxygen atoms in total. The van der Waals surface area contributed by atoms with Gasteiger partial charge in [-0.25, -0.2) is 4.39 Å². The van der Waals surface area contributed by atoms with Crippen LogP contribution >= 0.6 is 11.6 Å². The van der Waals surface area contributed by atoms with Gasteiger partial charge in [-0.2, -0.15) is 0 Å². The van der Waals surface area contributed by atoms with Gasteiger partial charge in [0.25, 0.3) is 0 Å². The molecule has 2 N–H and O–H groups in total. The van der Waals surface area contributed by atoms with Crippen molar-refractivity contribution in [2.24, 2.45) is 10.9 Å².